The van der Waals surface area contributed by atoms with Crippen molar-refractivity contribution in [3.05, 3.63) is 63.5 Å². The number of halogens is 2. The number of ether oxygens (including phenoxy) is 1. The van der Waals surface area contributed by atoms with E-state index in [0.29, 0.717) is 17.0 Å². The molecule has 3 aromatic rings. The molecule has 0 aliphatic rings. The fourth-order valence-corrected chi connectivity index (χ4v) is 3.38. The first-order valence-electron chi connectivity index (χ1n) is 8.40. The van der Waals surface area contributed by atoms with E-state index in [4.69, 9.17) is 27.9 Å². The second-order valence-electron chi connectivity index (χ2n) is 6.02. The number of carbonyl (C=O) groups is 2. The van der Waals surface area contributed by atoms with Crippen LogP contribution in [0.25, 0.3) is 5.65 Å². The lowest BCUT2D eigenvalue weighted by Gasteiger charge is -2.10. The van der Waals surface area contributed by atoms with Crippen LogP contribution in [0.3, 0.4) is 0 Å². The molecule has 2 N–H and O–H groups in total. The molecule has 0 unspecified atom stereocenters. The van der Waals surface area contributed by atoms with Crippen LogP contribution in [0.4, 0.5) is 5.69 Å². The Labute approximate surface area is 171 Å². The van der Waals surface area contributed by atoms with Crippen LogP contribution < -0.4 is 10.6 Å². The van der Waals surface area contributed by atoms with Gasteiger partial charge in [-0.1, -0.05) is 29.3 Å². The Morgan fingerprint density at radius 3 is 2.57 bits per heavy atom. The van der Waals surface area contributed by atoms with Crippen LogP contribution in [0.5, 0.6) is 0 Å². The summed E-state index contributed by atoms with van der Waals surface area (Å²) in [5.41, 5.74) is 2.59. The van der Waals surface area contributed by atoms with E-state index in [1.165, 1.54) is 7.11 Å². The molecule has 2 amide bonds. The Morgan fingerprint density at radius 1 is 1.18 bits per heavy atom. The molecule has 2 heterocycles. The van der Waals surface area contributed by atoms with E-state index in [9.17, 15) is 9.59 Å². The van der Waals surface area contributed by atoms with Gasteiger partial charge in [-0.25, -0.2) is 4.98 Å². The molecule has 1 aromatic carbocycles. The van der Waals surface area contributed by atoms with Crippen molar-refractivity contribution in [3.8, 4) is 0 Å². The number of nitrogens with zero attached hydrogens (tertiary/aromatic N) is 2. The van der Waals surface area contributed by atoms with E-state index in [-0.39, 0.29) is 34.7 Å². The highest BCUT2D eigenvalue weighted by atomic mass is 35.5. The molecule has 0 radical (unpaired) electrons. The Balaban J connectivity index is 1.92. The number of fused-ring (bicyclic) bond motifs is 1. The highest BCUT2D eigenvalue weighted by molar-refractivity contribution is 6.40. The Bertz CT molecular complexity index is 1030. The maximum absolute atomic E-state index is 12.7. The lowest BCUT2D eigenvalue weighted by molar-refractivity contribution is -0.121. The topological polar surface area (TPSA) is 84.7 Å². The molecule has 0 aliphatic carbocycles. The summed E-state index contributed by atoms with van der Waals surface area (Å²) < 4.78 is 6.62. The maximum atomic E-state index is 12.7. The quantitative estimate of drug-likeness (QED) is 0.597. The van der Waals surface area contributed by atoms with Crippen LogP contribution in [0, 0.1) is 6.92 Å². The zero-order chi connectivity index (χ0) is 20.3. The van der Waals surface area contributed by atoms with E-state index in [2.05, 4.69) is 15.6 Å². The van der Waals surface area contributed by atoms with Crippen LogP contribution in [-0.2, 0) is 16.0 Å². The minimum absolute atomic E-state index is 0.129. The normalized spacial score (nSPS) is 10.9. The van der Waals surface area contributed by atoms with Crippen molar-refractivity contribution < 1.29 is 14.3 Å². The number of pyridine rings is 1. The van der Waals surface area contributed by atoms with Crippen molar-refractivity contribution >= 4 is 46.4 Å². The monoisotopic (exact) mass is 420 g/mol. The smallest absolute Gasteiger partial charge is 0.258 e. The van der Waals surface area contributed by atoms with Gasteiger partial charge in [-0.05, 0) is 31.2 Å². The third-order valence-corrected chi connectivity index (χ3v) is 4.76. The number of aromatic nitrogens is 2. The summed E-state index contributed by atoms with van der Waals surface area (Å²) >= 11 is 12.2. The molecular weight excluding hydrogens is 403 g/mol. The summed E-state index contributed by atoms with van der Waals surface area (Å²) in [6.45, 7) is 1.94. The predicted molar refractivity (Wildman–Crippen MR) is 108 cm³/mol. The second-order valence-corrected chi connectivity index (χ2v) is 6.83. The van der Waals surface area contributed by atoms with Crippen LogP contribution >= 0.6 is 23.2 Å². The van der Waals surface area contributed by atoms with Gasteiger partial charge in [0.15, 0.2) is 5.65 Å². The fourth-order valence-electron chi connectivity index (χ4n) is 2.81. The van der Waals surface area contributed by atoms with Gasteiger partial charge in [-0.15, -0.1) is 0 Å². The lowest BCUT2D eigenvalue weighted by atomic mass is 10.2. The van der Waals surface area contributed by atoms with E-state index in [0.717, 1.165) is 5.69 Å². The minimum atomic E-state index is -0.441. The van der Waals surface area contributed by atoms with Crippen molar-refractivity contribution in [2.24, 2.45) is 0 Å². The molecule has 3 rings (SSSR count). The standard InChI is InChI=1S/C19H18Cl2N4O3/c1-11-15(9-16(26)22-10-28-2)25-8-4-7-14(18(25)23-11)24-19(27)17-12(20)5-3-6-13(17)21/h3-8H,9-10H2,1-2H3,(H,22,26)(H,24,27). The molecule has 28 heavy (non-hydrogen) atoms. The molecular formula is C19H18Cl2N4O3. The molecule has 9 heteroatoms. The van der Waals surface area contributed by atoms with Crippen molar-refractivity contribution in [2.45, 2.75) is 13.3 Å². The fraction of sp³-hybridized carbons (Fsp3) is 0.211. The SMILES string of the molecule is COCNC(=O)Cc1c(C)nc2c(NC(=O)c3c(Cl)cccc3Cl)cccn12. The number of rotatable bonds is 6. The van der Waals surface area contributed by atoms with Gasteiger partial charge in [-0.3, -0.25) is 9.59 Å². The maximum Gasteiger partial charge on any atom is 0.258 e. The third-order valence-electron chi connectivity index (χ3n) is 4.13. The van der Waals surface area contributed by atoms with Crippen molar-refractivity contribution in [1.82, 2.24) is 14.7 Å². The van der Waals surface area contributed by atoms with Gasteiger partial charge >= 0.3 is 0 Å². The van der Waals surface area contributed by atoms with Crippen LogP contribution in [-0.4, -0.2) is 35.0 Å². The molecule has 0 saturated heterocycles. The van der Waals surface area contributed by atoms with Gasteiger partial charge in [0.1, 0.15) is 6.73 Å². The minimum Gasteiger partial charge on any atom is -0.364 e. The summed E-state index contributed by atoms with van der Waals surface area (Å²) in [6, 6.07) is 8.34. The van der Waals surface area contributed by atoms with Gasteiger partial charge in [0, 0.05) is 13.3 Å². The van der Waals surface area contributed by atoms with Crippen molar-refractivity contribution in [1.29, 1.82) is 0 Å². The van der Waals surface area contributed by atoms with Gasteiger partial charge < -0.3 is 19.8 Å². The van der Waals surface area contributed by atoms with Crippen molar-refractivity contribution in [2.75, 3.05) is 19.2 Å². The Kier molecular flexibility index (Phi) is 6.18. The van der Waals surface area contributed by atoms with E-state index in [1.54, 1.807) is 40.9 Å². The molecule has 7 nitrogen and oxygen atoms in total. The largest absolute Gasteiger partial charge is 0.364 e. The van der Waals surface area contributed by atoms with Crippen molar-refractivity contribution in [3.63, 3.8) is 0 Å². The summed E-state index contributed by atoms with van der Waals surface area (Å²) in [4.78, 5) is 29.3. The zero-order valence-corrected chi connectivity index (χ0v) is 16.8. The van der Waals surface area contributed by atoms with E-state index < -0.39 is 5.91 Å². The van der Waals surface area contributed by atoms with Crippen LogP contribution in [0.1, 0.15) is 21.7 Å². The summed E-state index contributed by atoms with van der Waals surface area (Å²) in [5.74, 6) is -0.632. The molecule has 146 valence electrons. The van der Waals surface area contributed by atoms with Crippen LogP contribution in [0.2, 0.25) is 10.0 Å². The second kappa shape index (κ2) is 8.60. The summed E-state index contributed by atoms with van der Waals surface area (Å²) in [7, 11) is 1.50. The number of amides is 2. The molecule has 0 fully saturated rings. The van der Waals surface area contributed by atoms with Gasteiger partial charge in [0.2, 0.25) is 5.91 Å². The number of carbonyl (C=O) groups excluding carboxylic acids is 2. The number of methoxy groups -OCH3 is 1. The number of benzene rings is 1. The number of hydrogen-bond donors (Lipinski definition) is 2. The van der Waals surface area contributed by atoms with Gasteiger partial charge in [0.05, 0.1) is 39.1 Å². The average molecular weight is 421 g/mol. The van der Waals surface area contributed by atoms with Gasteiger partial charge in [-0.2, -0.15) is 0 Å². The molecule has 0 atom stereocenters. The summed E-state index contributed by atoms with van der Waals surface area (Å²) in [6.07, 6.45) is 1.91. The Hall–Kier alpha value is -2.61. The molecule has 0 aliphatic heterocycles. The molecule has 0 spiro atoms. The van der Waals surface area contributed by atoms with Gasteiger partial charge in [0.25, 0.3) is 5.91 Å². The Morgan fingerprint density at radius 2 is 1.89 bits per heavy atom. The van der Waals surface area contributed by atoms with E-state index >= 15 is 0 Å². The first-order valence-corrected chi connectivity index (χ1v) is 9.15. The van der Waals surface area contributed by atoms with Crippen LogP contribution in [0.15, 0.2) is 36.5 Å². The zero-order valence-electron chi connectivity index (χ0n) is 15.3. The highest BCUT2D eigenvalue weighted by Crippen LogP contribution is 2.27. The third kappa shape index (κ3) is 4.11. The molecule has 0 bridgehead atoms. The first kappa shape index (κ1) is 20.1. The average Bonchev–Trinajstić information content (AvgIpc) is 2.96. The predicted octanol–water partition coefficient (Wildman–Crippen LogP) is 3.46. The number of anilines is 1. The highest BCUT2D eigenvalue weighted by Gasteiger charge is 2.18. The number of hydrogen-bond acceptors (Lipinski definition) is 4. The first-order chi connectivity index (χ1) is 13.4. The number of nitrogens with one attached hydrogen (secondary N) is 2. The molecule has 2 aromatic heterocycles. The van der Waals surface area contributed by atoms with E-state index in [1.807, 2.05) is 6.92 Å². The number of imidazole rings is 1. The summed E-state index contributed by atoms with van der Waals surface area (Å²) in [5, 5.41) is 5.95. The number of aryl methyl sites for hydroxylation is 1. The lowest BCUT2D eigenvalue weighted by Crippen LogP contribution is -2.27. The molecule has 0 saturated carbocycles.